The molecule has 15 heavy (non-hydrogen) atoms. The largest absolute Gasteiger partial charge is 0.459 e. The highest BCUT2D eigenvalue weighted by Crippen LogP contribution is 2.30. The number of aryl methyl sites for hydroxylation is 1. The zero-order valence-electron chi connectivity index (χ0n) is 8.31. The molecule has 0 bridgehead atoms. The lowest BCUT2D eigenvalue weighted by Gasteiger charge is -1.96. The third-order valence-electron chi connectivity index (χ3n) is 2.46. The molecule has 1 aromatic carbocycles. The fraction of sp³-hybridized carbons (Fsp3) is 0.273. The van der Waals surface area contributed by atoms with E-state index in [1.807, 2.05) is 6.92 Å². The summed E-state index contributed by atoms with van der Waals surface area (Å²) in [6.07, 6.45) is 0.831. The Kier molecular flexibility index (Phi) is 2.80. The molecule has 4 heteroatoms. The van der Waals surface area contributed by atoms with Gasteiger partial charge in [0.05, 0.1) is 11.0 Å². The molecule has 0 saturated heterocycles. The average molecular weight is 272 g/mol. The molecule has 2 rings (SSSR count). The summed E-state index contributed by atoms with van der Waals surface area (Å²) in [6, 6.07) is 3.13. The van der Waals surface area contributed by atoms with Crippen molar-refractivity contribution in [3.8, 4) is 0 Å². The standard InChI is InChI=1S/C11H11BrFNO/c1-2-6-7-3-8(12)9(13)4-10(7)15-11(6)5-14/h3-4H,2,5,14H2,1H3. The Balaban J connectivity index is 2.77. The lowest BCUT2D eigenvalue weighted by molar-refractivity contribution is 0.541. The minimum absolute atomic E-state index is 0.317. The maximum Gasteiger partial charge on any atom is 0.141 e. The van der Waals surface area contributed by atoms with Gasteiger partial charge in [-0.3, -0.25) is 0 Å². The predicted molar refractivity (Wildman–Crippen MR) is 61.1 cm³/mol. The van der Waals surface area contributed by atoms with Gasteiger partial charge in [-0.15, -0.1) is 0 Å². The third kappa shape index (κ3) is 1.68. The summed E-state index contributed by atoms with van der Waals surface area (Å²) in [7, 11) is 0. The van der Waals surface area contributed by atoms with Crippen LogP contribution in [0.5, 0.6) is 0 Å². The third-order valence-corrected chi connectivity index (χ3v) is 3.06. The Morgan fingerprint density at radius 1 is 1.47 bits per heavy atom. The van der Waals surface area contributed by atoms with Crippen LogP contribution in [0.1, 0.15) is 18.2 Å². The molecule has 0 unspecified atom stereocenters. The first kappa shape index (κ1) is 10.6. The van der Waals surface area contributed by atoms with Crippen molar-refractivity contribution >= 4 is 26.9 Å². The van der Waals surface area contributed by atoms with Gasteiger partial charge in [0.1, 0.15) is 17.2 Å². The smallest absolute Gasteiger partial charge is 0.141 e. The molecule has 0 radical (unpaired) electrons. The minimum Gasteiger partial charge on any atom is -0.459 e. The molecule has 1 aromatic heterocycles. The molecule has 2 aromatic rings. The van der Waals surface area contributed by atoms with Gasteiger partial charge in [0.15, 0.2) is 0 Å². The van der Waals surface area contributed by atoms with Crippen LogP contribution in [0.2, 0.25) is 0 Å². The van der Waals surface area contributed by atoms with E-state index >= 15 is 0 Å². The second kappa shape index (κ2) is 3.94. The van der Waals surface area contributed by atoms with Crippen LogP contribution in [-0.2, 0) is 13.0 Å². The van der Waals surface area contributed by atoms with Crippen molar-refractivity contribution in [3.05, 3.63) is 33.7 Å². The highest BCUT2D eigenvalue weighted by Gasteiger charge is 2.13. The van der Waals surface area contributed by atoms with E-state index in [-0.39, 0.29) is 5.82 Å². The van der Waals surface area contributed by atoms with Crippen LogP contribution in [0, 0.1) is 5.82 Å². The van der Waals surface area contributed by atoms with E-state index in [4.69, 9.17) is 10.2 Å². The maximum atomic E-state index is 13.3. The monoisotopic (exact) mass is 271 g/mol. The van der Waals surface area contributed by atoms with Gasteiger partial charge in [-0.2, -0.15) is 0 Å². The Labute approximate surface area is 95.4 Å². The molecule has 80 valence electrons. The van der Waals surface area contributed by atoms with Gasteiger partial charge < -0.3 is 10.2 Å². The fourth-order valence-corrected chi connectivity index (χ4v) is 2.09. The van der Waals surface area contributed by atoms with Crippen LogP contribution in [0.3, 0.4) is 0 Å². The molecule has 0 fully saturated rings. The number of benzene rings is 1. The molecule has 2 nitrogen and oxygen atoms in total. The van der Waals surface area contributed by atoms with E-state index in [0.717, 1.165) is 23.1 Å². The Hall–Kier alpha value is -0.870. The number of furan rings is 1. The first-order valence-corrected chi connectivity index (χ1v) is 5.56. The Bertz CT molecular complexity index is 507. The highest BCUT2D eigenvalue weighted by atomic mass is 79.9. The summed E-state index contributed by atoms with van der Waals surface area (Å²) in [4.78, 5) is 0. The lowest BCUT2D eigenvalue weighted by atomic mass is 10.1. The van der Waals surface area contributed by atoms with Crippen LogP contribution in [-0.4, -0.2) is 0 Å². The van der Waals surface area contributed by atoms with Crippen LogP contribution >= 0.6 is 15.9 Å². The number of halogens is 2. The zero-order chi connectivity index (χ0) is 11.0. The van der Waals surface area contributed by atoms with E-state index in [2.05, 4.69) is 15.9 Å². The van der Waals surface area contributed by atoms with E-state index in [1.165, 1.54) is 6.07 Å². The van der Waals surface area contributed by atoms with E-state index in [9.17, 15) is 4.39 Å². The van der Waals surface area contributed by atoms with Crippen molar-refractivity contribution in [2.24, 2.45) is 5.73 Å². The van der Waals surface area contributed by atoms with Crippen molar-refractivity contribution in [3.63, 3.8) is 0 Å². The van der Waals surface area contributed by atoms with Crippen LogP contribution in [0.4, 0.5) is 4.39 Å². The van der Waals surface area contributed by atoms with Crippen molar-refractivity contribution in [2.45, 2.75) is 19.9 Å². The summed E-state index contributed by atoms with van der Waals surface area (Å²) >= 11 is 3.16. The first-order valence-electron chi connectivity index (χ1n) is 4.76. The topological polar surface area (TPSA) is 39.2 Å². The number of nitrogens with two attached hydrogens (primary N) is 1. The van der Waals surface area contributed by atoms with Crippen molar-refractivity contribution in [2.75, 3.05) is 0 Å². The first-order chi connectivity index (χ1) is 7.17. The predicted octanol–water partition coefficient (Wildman–Crippen LogP) is 3.36. The van der Waals surface area contributed by atoms with Crippen LogP contribution in [0.25, 0.3) is 11.0 Å². The molecular formula is C11H11BrFNO. The molecule has 0 saturated carbocycles. The molecule has 1 heterocycles. The normalized spacial score (nSPS) is 11.2. The van der Waals surface area contributed by atoms with E-state index in [1.54, 1.807) is 6.07 Å². The second-order valence-electron chi connectivity index (χ2n) is 3.32. The summed E-state index contributed by atoms with van der Waals surface area (Å²) in [5.41, 5.74) is 7.19. The molecule has 2 N–H and O–H groups in total. The Morgan fingerprint density at radius 2 is 2.20 bits per heavy atom. The van der Waals surface area contributed by atoms with Crippen molar-refractivity contribution in [1.82, 2.24) is 0 Å². The molecule has 0 amide bonds. The average Bonchev–Trinajstić information content (AvgIpc) is 2.56. The molecule has 0 spiro atoms. The summed E-state index contributed by atoms with van der Waals surface area (Å²) in [5, 5.41) is 0.936. The number of hydrogen-bond acceptors (Lipinski definition) is 2. The van der Waals surface area contributed by atoms with Gasteiger partial charge in [-0.05, 0) is 28.4 Å². The van der Waals surface area contributed by atoms with Gasteiger partial charge in [0.25, 0.3) is 0 Å². The summed E-state index contributed by atoms with van der Waals surface area (Å²) in [5.74, 6) is 0.424. The van der Waals surface area contributed by atoms with Crippen molar-refractivity contribution in [1.29, 1.82) is 0 Å². The highest BCUT2D eigenvalue weighted by molar-refractivity contribution is 9.10. The minimum atomic E-state index is -0.317. The number of fused-ring (bicyclic) bond motifs is 1. The number of hydrogen-bond donors (Lipinski definition) is 1. The summed E-state index contributed by atoms with van der Waals surface area (Å²) in [6.45, 7) is 2.37. The fourth-order valence-electron chi connectivity index (χ4n) is 1.75. The molecule has 0 aliphatic carbocycles. The molecular weight excluding hydrogens is 261 g/mol. The van der Waals surface area contributed by atoms with Gasteiger partial charge in [0, 0.05) is 17.0 Å². The lowest BCUT2D eigenvalue weighted by Crippen LogP contribution is -1.97. The van der Waals surface area contributed by atoms with Gasteiger partial charge in [-0.25, -0.2) is 4.39 Å². The van der Waals surface area contributed by atoms with Gasteiger partial charge >= 0.3 is 0 Å². The zero-order valence-corrected chi connectivity index (χ0v) is 9.90. The second-order valence-corrected chi connectivity index (χ2v) is 4.18. The van der Waals surface area contributed by atoms with Crippen LogP contribution in [0.15, 0.2) is 21.0 Å². The maximum absolute atomic E-state index is 13.3. The summed E-state index contributed by atoms with van der Waals surface area (Å²) < 4.78 is 19.2. The Morgan fingerprint density at radius 3 is 2.80 bits per heavy atom. The van der Waals surface area contributed by atoms with Crippen molar-refractivity contribution < 1.29 is 8.81 Å². The van der Waals surface area contributed by atoms with E-state index in [0.29, 0.717) is 16.6 Å². The molecule has 0 atom stereocenters. The van der Waals surface area contributed by atoms with E-state index < -0.39 is 0 Å². The number of rotatable bonds is 2. The SMILES string of the molecule is CCc1c(CN)oc2cc(F)c(Br)cc12. The van der Waals surface area contributed by atoms with Gasteiger partial charge in [-0.1, -0.05) is 6.92 Å². The van der Waals surface area contributed by atoms with Gasteiger partial charge in [0.2, 0.25) is 0 Å². The molecule has 0 aliphatic rings. The quantitative estimate of drug-likeness (QED) is 0.910. The van der Waals surface area contributed by atoms with Crippen LogP contribution < -0.4 is 5.73 Å². The molecule has 0 aliphatic heterocycles.